The van der Waals surface area contributed by atoms with E-state index in [0.717, 1.165) is 6.42 Å². The number of ketones is 1. The van der Waals surface area contributed by atoms with Crippen LogP contribution in [0.5, 0.6) is 0 Å². The van der Waals surface area contributed by atoms with E-state index in [9.17, 15) is 4.79 Å². The second kappa shape index (κ2) is 1.88. The number of hydrogen-bond donors (Lipinski definition) is 0. The lowest BCUT2D eigenvalue weighted by molar-refractivity contribution is -0.166. The molecular formula is C10H16O. The summed E-state index contributed by atoms with van der Waals surface area (Å²) in [6.45, 7) is 6.72. The summed E-state index contributed by atoms with van der Waals surface area (Å²) in [5, 5.41) is 0. The van der Waals surface area contributed by atoms with E-state index in [4.69, 9.17) is 0 Å². The predicted molar refractivity (Wildman–Crippen MR) is 44.2 cm³/mol. The summed E-state index contributed by atoms with van der Waals surface area (Å²) < 4.78 is 0. The lowest BCUT2D eigenvalue weighted by Crippen LogP contribution is -2.60. The van der Waals surface area contributed by atoms with Crippen LogP contribution in [0.3, 0.4) is 0 Å². The second-order valence-electron chi connectivity index (χ2n) is 4.81. The summed E-state index contributed by atoms with van der Waals surface area (Å²) in [6, 6.07) is 0. The van der Waals surface area contributed by atoms with Crippen molar-refractivity contribution in [3.63, 3.8) is 0 Å². The number of rotatable bonds is 0. The Bertz CT molecular complexity index is 205. The quantitative estimate of drug-likeness (QED) is 0.520. The van der Waals surface area contributed by atoms with Crippen molar-refractivity contribution in [3.05, 3.63) is 0 Å². The molecule has 3 aliphatic rings. The van der Waals surface area contributed by atoms with Gasteiger partial charge in [0.25, 0.3) is 0 Å². The fourth-order valence-electron chi connectivity index (χ4n) is 3.19. The van der Waals surface area contributed by atoms with Crippen molar-refractivity contribution in [3.8, 4) is 0 Å². The maximum atomic E-state index is 11.5. The molecule has 0 spiro atoms. The maximum Gasteiger partial charge on any atom is 0.140 e. The largest absolute Gasteiger partial charge is 0.299 e. The first kappa shape index (κ1) is 7.33. The number of Topliss-reactive ketones (excluding diaryl/α,β-unsaturated/α-hetero) is 1. The van der Waals surface area contributed by atoms with Gasteiger partial charge in [0.2, 0.25) is 0 Å². The first-order valence-corrected chi connectivity index (χ1v) is 4.59. The van der Waals surface area contributed by atoms with E-state index in [2.05, 4.69) is 20.8 Å². The Balaban J connectivity index is 2.28. The van der Waals surface area contributed by atoms with Gasteiger partial charge in [-0.1, -0.05) is 20.8 Å². The van der Waals surface area contributed by atoms with Crippen molar-refractivity contribution in [1.29, 1.82) is 0 Å². The first-order valence-electron chi connectivity index (χ1n) is 4.59. The van der Waals surface area contributed by atoms with Gasteiger partial charge >= 0.3 is 0 Å². The first-order chi connectivity index (χ1) is 5.05. The topological polar surface area (TPSA) is 17.1 Å². The zero-order valence-electron chi connectivity index (χ0n) is 7.55. The molecule has 0 aliphatic heterocycles. The van der Waals surface area contributed by atoms with Crippen LogP contribution in [0.15, 0.2) is 0 Å². The van der Waals surface area contributed by atoms with Crippen molar-refractivity contribution in [2.24, 2.45) is 23.2 Å². The zero-order chi connectivity index (χ0) is 8.22. The highest BCUT2D eigenvalue weighted by Gasteiger charge is 2.59. The van der Waals surface area contributed by atoms with Gasteiger partial charge in [0.15, 0.2) is 0 Å². The molecule has 1 nitrogen and oxygen atoms in total. The molecule has 3 unspecified atom stereocenters. The zero-order valence-corrected chi connectivity index (χ0v) is 7.55. The Morgan fingerprint density at radius 2 is 2.00 bits per heavy atom. The molecule has 3 saturated carbocycles. The number of carbonyl (C=O) groups excluding carboxylic acids is 1. The molecule has 0 heterocycles. The minimum atomic E-state index is 0.328. The van der Waals surface area contributed by atoms with Gasteiger partial charge in [-0.3, -0.25) is 4.79 Å². The van der Waals surface area contributed by atoms with Crippen LogP contribution in [0.4, 0.5) is 0 Å². The smallest absolute Gasteiger partial charge is 0.140 e. The van der Waals surface area contributed by atoms with Gasteiger partial charge in [-0.2, -0.15) is 0 Å². The van der Waals surface area contributed by atoms with Crippen molar-refractivity contribution in [2.75, 3.05) is 0 Å². The number of fused-ring (bicyclic) bond motifs is 2. The molecule has 0 amide bonds. The molecule has 2 bridgehead atoms. The summed E-state index contributed by atoms with van der Waals surface area (Å²) in [5.41, 5.74) is 0.328. The summed E-state index contributed by atoms with van der Waals surface area (Å²) >= 11 is 0. The molecule has 3 rings (SSSR count). The van der Waals surface area contributed by atoms with Crippen LogP contribution in [0.2, 0.25) is 0 Å². The van der Waals surface area contributed by atoms with Gasteiger partial charge in [-0.15, -0.1) is 0 Å². The standard InChI is InChI=1S/C10H16O/c1-6-4-5-7-9(11)8(6)10(7,2)3/h6-8H,4-5H2,1-3H3. The van der Waals surface area contributed by atoms with Crippen LogP contribution in [-0.2, 0) is 4.79 Å². The van der Waals surface area contributed by atoms with Crippen LogP contribution in [0.25, 0.3) is 0 Å². The van der Waals surface area contributed by atoms with Crippen molar-refractivity contribution < 1.29 is 4.79 Å². The minimum absolute atomic E-state index is 0.328. The number of carbonyl (C=O) groups is 1. The fraction of sp³-hybridized carbons (Fsp3) is 0.900. The number of hydrogen-bond acceptors (Lipinski definition) is 1. The maximum absolute atomic E-state index is 11.5. The highest BCUT2D eigenvalue weighted by molar-refractivity contribution is 5.92. The molecule has 0 aromatic rings. The Morgan fingerprint density at radius 3 is 2.27 bits per heavy atom. The van der Waals surface area contributed by atoms with Gasteiger partial charge in [0.05, 0.1) is 0 Å². The monoisotopic (exact) mass is 152 g/mol. The Hall–Kier alpha value is -0.330. The summed E-state index contributed by atoms with van der Waals surface area (Å²) in [6.07, 6.45) is 2.41. The third-order valence-corrected chi connectivity index (χ3v) is 3.83. The van der Waals surface area contributed by atoms with E-state index >= 15 is 0 Å². The van der Waals surface area contributed by atoms with E-state index in [1.54, 1.807) is 0 Å². The Labute approximate surface area is 68.2 Å². The molecule has 62 valence electrons. The van der Waals surface area contributed by atoms with Crippen molar-refractivity contribution in [2.45, 2.75) is 33.6 Å². The summed E-state index contributed by atoms with van der Waals surface area (Å²) in [7, 11) is 0. The summed E-state index contributed by atoms with van der Waals surface area (Å²) in [4.78, 5) is 11.5. The third kappa shape index (κ3) is 0.692. The molecule has 0 radical (unpaired) electrons. The summed E-state index contributed by atoms with van der Waals surface area (Å²) in [5.74, 6) is 1.99. The Kier molecular flexibility index (Phi) is 1.25. The average Bonchev–Trinajstić information content (AvgIpc) is 1.85. The second-order valence-corrected chi connectivity index (χ2v) is 4.81. The van der Waals surface area contributed by atoms with Crippen LogP contribution < -0.4 is 0 Å². The molecule has 3 aliphatic carbocycles. The van der Waals surface area contributed by atoms with Crippen LogP contribution in [-0.4, -0.2) is 5.78 Å². The van der Waals surface area contributed by atoms with E-state index in [1.807, 2.05) is 0 Å². The van der Waals surface area contributed by atoms with Gasteiger partial charge < -0.3 is 0 Å². The highest BCUT2D eigenvalue weighted by atomic mass is 16.1. The molecular weight excluding hydrogens is 136 g/mol. The lowest BCUT2D eigenvalue weighted by atomic mass is 9.45. The third-order valence-electron chi connectivity index (χ3n) is 3.83. The van der Waals surface area contributed by atoms with Gasteiger partial charge in [0.1, 0.15) is 5.78 Å². The molecule has 1 heteroatoms. The highest BCUT2D eigenvalue weighted by Crippen LogP contribution is 2.58. The van der Waals surface area contributed by atoms with Crippen LogP contribution in [0, 0.1) is 23.2 Å². The normalized spacial score (nSPS) is 46.8. The van der Waals surface area contributed by atoms with Crippen LogP contribution in [0.1, 0.15) is 33.6 Å². The van der Waals surface area contributed by atoms with Gasteiger partial charge in [0, 0.05) is 11.8 Å². The Morgan fingerprint density at radius 1 is 1.36 bits per heavy atom. The molecule has 0 aromatic carbocycles. The van der Waals surface area contributed by atoms with E-state index in [0.29, 0.717) is 29.0 Å². The minimum Gasteiger partial charge on any atom is -0.299 e. The van der Waals surface area contributed by atoms with Crippen molar-refractivity contribution >= 4 is 5.78 Å². The molecule has 0 N–H and O–H groups in total. The van der Waals surface area contributed by atoms with E-state index in [1.165, 1.54) is 6.42 Å². The van der Waals surface area contributed by atoms with Crippen molar-refractivity contribution in [1.82, 2.24) is 0 Å². The molecule has 0 aromatic heterocycles. The average molecular weight is 152 g/mol. The lowest BCUT2D eigenvalue weighted by Gasteiger charge is -2.57. The molecule has 3 atom stereocenters. The molecule has 11 heavy (non-hydrogen) atoms. The van der Waals surface area contributed by atoms with Gasteiger partial charge in [-0.05, 0) is 24.2 Å². The molecule has 0 saturated heterocycles. The van der Waals surface area contributed by atoms with Crippen LogP contribution >= 0.6 is 0 Å². The van der Waals surface area contributed by atoms with E-state index in [-0.39, 0.29) is 0 Å². The van der Waals surface area contributed by atoms with Gasteiger partial charge in [-0.25, -0.2) is 0 Å². The fourth-order valence-corrected chi connectivity index (χ4v) is 3.19. The van der Waals surface area contributed by atoms with E-state index < -0.39 is 0 Å². The predicted octanol–water partition coefficient (Wildman–Crippen LogP) is 2.26. The molecule has 3 fully saturated rings. The SMILES string of the molecule is CC1CCC2C(=O)C1C2(C)C.